The summed E-state index contributed by atoms with van der Waals surface area (Å²) >= 11 is 6.30. The number of rotatable bonds is 2. The van der Waals surface area contributed by atoms with Crippen LogP contribution in [0.25, 0.3) is 11.1 Å². The van der Waals surface area contributed by atoms with Gasteiger partial charge in [-0.3, -0.25) is 0 Å². The molecule has 1 aliphatic heterocycles. The van der Waals surface area contributed by atoms with Crippen LogP contribution in [0.3, 0.4) is 0 Å². The second-order valence-corrected chi connectivity index (χ2v) is 5.52. The topological polar surface area (TPSA) is 15.3 Å². The SMILES string of the molecule is Cc1[c]cc(-c2ccccc2Cl)cc1N1CCNCC1. The number of anilines is 1. The van der Waals surface area contributed by atoms with Crippen molar-refractivity contribution in [1.82, 2.24) is 5.32 Å². The maximum atomic E-state index is 6.30. The maximum Gasteiger partial charge on any atom is 0.0484 e. The van der Waals surface area contributed by atoms with E-state index < -0.39 is 0 Å². The first-order valence-corrected chi connectivity index (χ1v) is 7.36. The molecule has 0 bridgehead atoms. The quantitative estimate of drug-likeness (QED) is 0.908. The Bertz CT molecular complexity index is 604. The van der Waals surface area contributed by atoms with Gasteiger partial charge in [0.15, 0.2) is 0 Å². The zero-order valence-corrected chi connectivity index (χ0v) is 12.4. The number of hydrogen-bond acceptors (Lipinski definition) is 2. The Morgan fingerprint density at radius 1 is 1.20 bits per heavy atom. The Labute approximate surface area is 125 Å². The van der Waals surface area contributed by atoms with Crippen molar-refractivity contribution in [2.75, 3.05) is 31.1 Å². The van der Waals surface area contributed by atoms with Crippen LogP contribution in [0, 0.1) is 13.0 Å². The maximum absolute atomic E-state index is 6.30. The van der Waals surface area contributed by atoms with E-state index in [1.54, 1.807) is 0 Å². The zero-order valence-electron chi connectivity index (χ0n) is 11.6. The van der Waals surface area contributed by atoms with Gasteiger partial charge in [-0.2, -0.15) is 0 Å². The zero-order chi connectivity index (χ0) is 13.9. The fourth-order valence-electron chi connectivity index (χ4n) is 2.64. The molecule has 1 aliphatic rings. The predicted molar refractivity (Wildman–Crippen MR) is 85.5 cm³/mol. The molecule has 20 heavy (non-hydrogen) atoms. The summed E-state index contributed by atoms with van der Waals surface area (Å²) in [6, 6.07) is 15.6. The molecule has 0 atom stereocenters. The summed E-state index contributed by atoms with van der Waals surface area (Å²) in [6.07, 6.45) is 0. The largest absolute Gasteiger partial charge is 0.369 e. The van der Waals surface area contributed by atoms with Crippen molar-refractivity contribution >= 4 is 17.3 Å². The number of halogens is 1. The van der Waals surface area contributed by atoms with Crippen LogP contribution in [0.1, 0.15) is 5.56 Å². The van der Waals surface area contributed by atoms with Crippen molar-refractivity contribution in [3.63, 3.8) is 0 Å². The molecular weight excluding hydrogens is 268 g/mol. The van der Waals surface area contributed by atoms with Gasteiger partial charge in [-0.1, -0.05) is 29.8 Å². The van der Waals surface area contributed by atoms with Crippen LogP contribution in [0.4, 0.5) is 5.69 Å². The highest BCUT2D eigenvalue weighted by Gasteiger charge is 2.14. The smallest absolute Gasteiger partial charge is 0.0484 e. The molecule has 3 heteroatoms. The van der Waals surface area contributed by atoms with E-state index in [-0.39, 0.29) is 0 Å². The lowest BCUT2D eigenvalue weighted by atomic mass is 10.0. The Morgan fingerprint density at radius 3 is 2.70 bits per heavy atom. The van der Waals surface area contributed by atoms with Gasteiger partial charge in [0.25, 0.3) is 0 Å². The van der Waals surface area contributed by atoms with Crippen molar-refractivity contribution in [1.29, 1.82) is 0 Å². The minimum absolute atomic E-state index is 0.788. The van der Waals surface area contributed by atoms with Crippen LogP contribution in [0.5, 0.6) is 0 Å². The normalized spacial score (nSPS) is 15.4. The molecule has 0 aliphatic carbocycles. The number of aryl methyl sites for hydroxylation is 1. The molecule has 2 aromatic carbocycles. The van der Waals surface area contributed by atoms with Gasteiger partial charge >= 0.3 is 0 Å². The molecule has 0 aromatic heterocycles. The minimum Gasteiger partial charge on any atom is -0.369 e. The van der Waals surface area contributed by atoms with Gasteiger partial charge < -0.3 is 10.2 Å². The Kier molecular flexibility index (Phi) is 3.95. The summed E-state index contributed by atoms with van der Waals surface area (Å²) in [7, 11) is 0. The number of nitrogens with zero attached hydrogens (tertiary/aromatic N) is 1. The molecule has 103 valence electrons. The molecule has 1 saturated heterocycles. The monoisotopic (exact) mass is 285 g/mol. The van der Waals surface area contributed by atoms with E-state index in [1.165, 1.54) is 11.3 Å². The standard InChI is InChI=1S/C17H18ClN2/c1-13-6-7-14(15-4-2-3-5-16(15)18)12-17(13)20-10-8-19-9-11-20/h2-5,7,12,19H,8-11H2,1H3. The third-order valence-electron chi connectivity index (χ3n) is 3.76. The first kappa shape index (κ1) is 13.5. The van der Waals surface area contributed by atoms with E-state index in [4.69, 9.17) is 11.6 Å². The molecule has 2 nitrogen and oxygen atoms in total. The van der Waals surface area contributed by atoms with Crippen LogP contribution in [0.15, 0.2) is 36.4 Å². The van der Waals surface area contributed by atoms with Gasteiger partial charge in [0.2, 0.25) is 0 Å². The van der Waals surface area contributed by atoms with Gasteiger partial charge in [-0.15, -0.1) is 0 Å². The van der Waals surface area contributed by atoms with Crippen LogP contribution >= 0.6 is 11.6 Å². The third-order valence-corrected chi connectivity index (χ3v) is 4.09. The fourth-order valence-corrected chi connectivity index (χ4v) is 2.89. The van der Waals surface area contributed by atoms with Crippen LogP contribution in [0.2, 0.25) is 5.02 Å². The molecule has 1 N–H and O–H groups in total. The lowest BCUT2D eigenvalue weighted by molar-refractivity contribution is 0.588. The second-order valence-electron chi connectivity index (χ2n) is 5.12. The molecule has 0 unspecified atom stereocenters. The highest BCUT2D eigenvalue weighted by atomic mass is 35.5. The van der Waals surface area contributed by atoms with Crippen LogP contribution in [-0.4, -0.2) is 26.2 Å². The van der Waals surface area contributed by atoms with E-state index in [9.17, 15) is 0 Å². The lowest BCUT2D eigenvalue weighted by Crippen LogP contribution is -2.43. The highest BCUT2D eigenvalue weighted by molar-refractivity contribution is 6.33. The molecule has 1 radical (unpaired) electrons. The van der Waals surface area contributed by atoms with E-state index in [1.807, 2.05) is 24.3 Å². The first-order valence-electron chi connectivity index (χ1n) is 6.98. The average molecular weight is 286 g/mol. The van der Waals surface area contributed by atoms with Crippen molar-refractivity contribution in [3.05, 3.63) is 53.1 Å². The third kappa shape index (κ3) is 2.67. The van der Waals surface area contributed by atoms with Gasteiger partial charge in [-0.25, -0.2) is 0 Å². The number of nitrogens with one attached hydrogen (secondary N) is 1. The van der Waals surface area contributed by atoms with Crippen molar-refractivity contribution in [2.24, 2.45) is 0 Å². The Morgan fingerprint density at radius 2 is 1.95 bits per heavy atom. The lowest BCUT2D eigenvalue weighted by Gasteiger charge is -2.31. The molecule has 1 heterocycles. The molecular formula is C17H18ClN2. The van der Waals surface area contributed by atoms with Crippen LogP contribution in [-0.2, 0) is 0 Å². The number of piperazine rings is 1. The van der Waals surface area contributed by atoms with Gasteiger partial charge in [0.05, 0.1) is 0 Å². The van der Waals surface area contributed by atoms with E-state index in [0.717, 1.165) is 42.3 Å². The van der Waals surface area contributed by atoms with E-state index in [2.05, 4.69) is 35.3 Å². The average Bonchev–Trinajstić information content (AvgIpc) is 2.49. The summed E-state index contributed by atoms with van der Waals surface area (Å²) in [6.45, 7) is 6.28. The summed E-state index contributed by atoms with van der Waals surface area (Å²) in [5.74, 6) is 0. The molecule has 0 amide bonds. The van der Waals surface area contributed by atoms with Crippen LogP contribution < -0.4 is 10.2 Å². The van der Waals surface area contributed by atoms with E-state index >= 15 is 0 Å². The Hall–Kier alpha value is -1.51. The summed E-state index contributed by atoms with van der Waals surface area (Å²) < 4.78 is 0. The molecule has 2 aromatic rings. The predicted octanol–water partition coefficient (Wildman–Crippen LogP) is 3.53. The fraction of sp³-hybridized carbons (Fsp3) is 0.294. The number of benzene rings is 2. The number of hydrogen-bond donors (Lipinski definition) is 1. The van der Waals surface area contributed by atoms with Crippen molar-refractivity contribution in [2.45, 2.75) is 6.92 Å². The summed E-state index contributed by atoms with van der Waals surface area (Å²) in [5, 5.41) is 4.17. The van der Waals surface area contributed by atoms with E-state index in [0.29, 0.717) is 0 Å². The molecule has 0 saturated carbocycles. The van der Waals surface area contributed by atoms with Gasteiger partial charge in [0, 0.05) is 42.5 Å². The molecule has 1 fully saturated rings. The highest BCUT2D eigenvalue weighted by Crippen LogP contribution is 2.31. The second kappa shape index (κ2) is 5.86. The summed E-state index contributed by atoms with van der Waals surface area (Å²) in [4.78, 5) is 2.42. The minimum atomic E-state index is 0.788. The van der Waals surface area contributed by atoms with Gasteiger partial charge in [-0.05, 0) is 42.3 Å². The van der Waals surface area contributed by atoms with Gasteiger partial charge in [0.1, 0.15) is 0 Å². The Balaban J connectivity index is 2.00. The molecule has 3 rings (SSSR count). The molecule has 0 spiro atoms. The van der Waals surface area contributed by atoms with Crippen molar-refractivity contribution < 1.29 is 0 Å². The van der Waals surface area contributed by atoms with Crippen molar-refractivity contribution in [3.8, 4) is 11.1 Å². The first-order chi connectivity index (χ1) is 9.75. The summed E-state index contributed by atoms with van der Waals surface area (Å²) in [5.41, 5.74) is 4.67.